The lowest BCUT2D eigenvalue weighted by Gasteiger charge is -2.31. The van der Waals surface area contributed by atoms with Crippen LogP contribution >= 0.6 is 0 Å². The number of aliphatic hydroxyl groups excluding tert-OH is 1. The molecule has 2 aliphatic rings. The highest BCUT2D eigenvalue weighted by Crippen LogP contribution is 2.28. The fraction of sp³-hybridized carbons (Fsp3) is 1.00. The van der Waals surface area contributed by atoms with Crippen molar-refractivity contribution < 1.29 is 18.3 Å². The first-order valence-corrected chi connectivity index (χ1v) is 8.32. The van der Waals surface area contributed by atoms with E-state index in [1.54, 1.807) is 0 Å². The number of nitrogens with zero attached hydrogens (tertiary/aromatic N) is 2. The van der Waals surface area contributed by atoms with Gasteiger partial charge in [0.2, 0.25) is 10.0 Å². The zero-order valence-corrected chi connectivity index (χ0v) is 12.5. The number of rotatable bonds is 4. The molecule has 2 aliphatic heterocycles. The summed E-state index contributed by atoms with van der Waals surface area (Å²) in [4.78, 5) is 1.97. The van der Waals surface area contributed by atoms with E-state index >= 15 is 0 Å². The number of β-amino-alcohol motifs (C(OH)–C–C–N with tert-alkyl or cyclic N) is 1. The first-order chi connectivity index (χ1) is 8.91. The Bertz CT molecular complexity index is 393. The highest BCUT2D eigenvalue weighted by atomic mass is 32.2. The molecule has 6 nitrogen and oxygen atoms in total. The molecular formula is C12H24N2O4S. The number of ether oxygens (including phenoxy) is 1. The highest BCUT2D eigenvalue weighted by Gasteiger charge is 2.42. The molecule has 2 heterocycles. The number of aliphatic hydroxyl groups is 1. The summed E-state index contributed by atoms with van der Waals surface area (Å²) in [5, 5.41) is 9.44. The Morgan fingerprint density at radius 1 is 1.32 bits per heavy atom. The fourth-order valence-corrected chi connectivity index (χ4v) is 5.05. The van der Waals surface area contributed by atoms with Crippen molar-refractivity contribution in [1.82, 2.24) is 9.21 Å². The third kappa shape index (κ3) is 3.46. The number of hydrogen-bond acceptors (Lipinski definition) is 5. The molecule has 19 heavy (non-hydrogen) atoms. The van der Waals surface area contributed by atoms with E-state index in [1.807, 2.05) is 19.0 Å². The van der Waals surface area contributed by atoms with Gasteiger partial charge >= 0.3 is 0 Å². The van der Waals surface area contributed by atoms with Crippen LogP contribution in [0.5, 0.6) is 0 Å². The number of hydrogen-bond donors (Lipinski definition) is 1. The van der Waals surface area contributed by atoms with Gasteiger partial charge in [0, 0.05) is 32.3 Å². The third-order valence-electron chi connectivity index (χ3n) is 3.83. The Morgan fingerprint density at radius 2 is 1.95 bits per heavy atom. The average Bonchev–Trinajstić information content (AvgIpc) is 2.71. The van der Waals surface area contributed by atoms with Crippen LogP contribution in [-0.4, -0.2) is 80.5 Å². The van der Waals surface area contributed by atoms with Crippen LogP contribution in [0.4, 0.5) is 0 Å². The topological polar surface area (TPSA) is 70.1 Å². The van der Waals surface area contributed by atoms with Crippen LogP contribution < -0.4 is 0 Å². The zero-order chi connectivity index (χ0) is 14.0. The molecule has 2 atom stereocenters. The van der Waals surface area contributed by atoms with Crippen molar-refractivity contribution in [3.63, 3.8) is 0 Å². The van der Waals surface area contributed by atoms with Crippen LogP contribution in [0, 0.1) is 0 Å². The molecule has 2 rings (SSSR count). The fourth-order valence-electron chi connectivity index (χ4n) is 2.93. The van der Waals surface area contributed by atoms with E-state index in [2.05, 4.69) is 0 Å². The van der Waals surface area contributed by atoms with Gasteiger partial charge in [-0.05, 0) is 33.4 Å². The highest BCUT2D eigenvalue weighted by molar-refractivity contribution is 7.89. The standard InChI is InChI=1S/C12H24N2O4S/c1-13(2)8-10-7-11(15)9-14(10)19(16,17)12-3-5-18-6-4-12/h10-12,15H,3-9H2,1-2H3. The largest absolute Gasteiger partial charge is 0.392 e. The molecule has 2 saturated heterocycles. The lowest BCUT2D eigenvalue weighted by Crippen LogP contribution is -2.46. The molecule has 0 spiro atoms. The molecule has 1 N–H and O–H groups in total. The lowest BCUT2D eigenvalue weighted by molar-refractivity contribution is 0.0968. The summed E-state index contributed by atoms with van der Waals surface area (Å²) in [7, 11) is 0.518. The predicted molar refractivity (Wildman–Crippen MR) is 72.4 cm³/mol. The van der Waals surface area contributed by atoms with Gasteiger partial charge in [0.25, 0.3) is 0 Å². The average molecular weight is 292 g/mol. The quantitative estimate of drug-likeness (QED) is 0.756. The van der Waals surface area contributed by atoms with Crippen molar-refractivity contribution in [3.05, 3.63) is 0 Å². The molecule has 0 aromatic carbocycles. The van der Waals surface area contributed by atoms with Crippen molar-refractivity contribution in [2.45, 2.75) is 36.7 Å². The van der Waals surface area contributed by atoms with E-state index in [0.29, 0.717) is 39.0 Å². The lowest BCUT2D eigenvalue weighted by atomic mass is 10.2. The molecule has 0 radical (unpaired) electrons. The summed E-state index contributed by atoms with van der Waals surface area (Å²) in [6, 6.07) is -0.113. The van der Waals surface area contributed by atoms with Crippen LogP contribution in [0.25, 0.3) is 0 Å². The monoisotopic (exact) mass is 292 g/mol. The van der Waals surface area contributed by atoms with Gasteiger partial charge in [0.05, 0.1) is 11.4 Å². The van der Waals surface area contributed by atoms with Gasteiger partial charge in [-0.2, -0.15) is 4.31 Å². The summed E-state index contributed by atoms with van der Waals surface area (Å²) in [5.41, 5.74) is 0. The summed E-state index contributed by atoms with van der Waals surface area (Å²) >= 11 is 0. The van der Waals surface area contributed by atoms with Crippen molar-refractivity contribution in [1.29, 1.82) is 0 Å². The molecule has 0 amide bonds. The zero-order valence-electron chi connectivity index (χ0n) is 11.7. The molecule has 2 unspecified atom stereocenters. The van der Waals surface area contributed by atoms with Gasteiger partial charge in [0.1, 0.15) is 0 Å². The van der Waals surface area contributed by atoms with E-state index in [0.717, 1.165) is 0 Å². The van der Waals surface area contributed by atoms with Gasteiger partial charge in [0.15, 0.2) is 0 Å². The maximum absolute atomic E-state index is 12.7. The van der Waals surface area contributed by atoms with Crippen LogP contribution in [-0.2, 0) is 14.8 Å². The Kier molecular flexibility index (Phi) is 4.84. The van der Waals surface area contributed by atoms with E-state index in [1.165, 1.54) is 4.31 Å². The van der Waals surface area contributed by atoms with Crippen molar-refractivity contribution in [2.75, 3.05) is 40.4 Å². The molecule has 112 valence electrons. The minimum absolute atomic E-state index is 0.113. The summed E-state index contributed by atoms with van der Waals surface area (Å²) in [6.45, 7) is 1.91. The normalized spacial score (nSPS) is 31.2. The minimum Gasteiger partial charge on any atom is -0.392 e. The van der Waals surface area contributed by atoms with Crippen molar-refractivity contribution in [3.8, 4) is 0 Å². The second-order valence-corrected chi connectivity index (χ2v) is 7.90. The molecule has 0 aromatic rings. The molecule has 7 heteroatoms. The second-order valence-electron chi connectivity index (χ2n) is 5.73. The van der Waals surface area contributed by atoms with Crippen molar-refractivity contribution in [2.24, 2.45) is 0 Å². The molecule has 0 aliphatic carbocycles. The molecule has 0 bridgehead atoms. The van der Waals surface area contributed by atoms with Gasteiger partial charge in [-0.15, -0.1) is 0 Å². The van der Waals surface area contributed by atoms with Crippen LogP contribution in [0.2, 0.25) is 0 Å². The maximum Gasteiger partial charge on any atom is 0.217 e. The Hall–Kier alpha value is -0.210. The molecule has 0 saturated carbocycles. The maximum atomic E-state index is 12.7. The van der Waals surface area contributed by atoms with Crippen molar-refractivity contribution >= 4 is 10.0 Å². The van der Waals surface area contributed by atoms with Crippen LogP contribution in [0.1, 0.15) is 19.3 Å². The summed E-state index contributed by atoms with van der Waals surface area (Å²) in [6.07, 6.45) is 1.10. The van der Waals surface area contributed by atoms with Gasteiger partial charge < -0.3 is 14.7 Å². The smallest absolute Gasteiger partial charge is 0.217 e. The van der Waals surface area contributed by atoms with Gasteiger partial charge in [-0.1, -0.05) is 0 Å². The molecule has 0 aromatic heterocycles. The first kappa shape index (κ1) is 15.2. The predicted octanol–water partition coefficient (Wildman–Crippen LogP) is -0.508. The minimum atomic E-state index is -3.32. The second kappa shape index (κ2) is 6.05. The first-order valence-electron chi connectivity index (χ1n) is 6.82. The summed E-state index contributed by atoms with van der Waals surface area (Å²) < 4.78 is 32.1. The van der Waals surface area contributed by atoms with Crippen LogP contribution in [0.15, 0.2) is 0 Å². The van der Waals surface area contributed by atoms with E-state index < -0.39 is 16.1 Å². The van der Waals surface area contributed by atoms with Gasteiger partial charge in [-0.25, -0.2) is 8.42 Å². The van der Waals surface area contributed by atoms with E-state index in [9.17, 15) is 13.5 Å². The van der Waals surface area contributed by atoms with E-state index in [4.69, 9.17) is 4.74 Å². The number of sulfonamides is 1. The Balaban J connectivity index is 2.12. The Labute approximate surface area is 115 Å². The number of likely N-dealkylation sites (N-methyl/N-ethyl adjacent to an activating group) is 1. The van der Waals surface area contributed by atoms with Crippen LogP contribution in [0.3, 0.4) is 0 Å². The summed E-state index contributed by atoms with van der Waals surface area (Å²) in [5.74, 6) is 0. The van der Waals surface area contributed by atoms with Gasteiger partial charge in [-0.3, -0.25) is 0 Å². The SMILES string of the molecule is CN(C)CC1CC(O)CN1S(=O)(=O)C1CCOCC1. The third-order valence-corrected chi connectivity index (χ3v) is 6.25. The molecular weight excluding hydrogens is 268 g/mol. The Morgan fingerprint density at radius 3 is 2.53 bits per heavy atom. The molecule has 2 fully saturated rings. The van der Waals surface area contributed by atoms with E-state index in [-0.39, 0.29) is 17.8 Å².